The number of alkyl halides is 3. The van der Waals surface area contributed by atoms with E-state index in [1.165, 1.54) is 64.8 Å². The van der Waals surface area contributed by atoms with E-state index in [0.717, 1.165) is 5.56 Å². The van der Waals surface area contributed by atoms with Crippen molar-refractivity contribution in [2.75, 3.05) is 7.05 Å². The van der Waals surface area contributed by atoms with Gasteiger partial charge in [0, 0.05) is 35.0 Å². The highest BCUT2D eigenvalue weighted by Gasteiger charge is 2.39. The lowest BCUT2D eigenvalue weighted by atomic mass is 9.91. The summed E-state index contributed by atoms with van der Waals surface area (Å²) in [6.07, 6.45) is 16.6. The highest BCUT2D eigenvalue weighted by atomic mass is 35.5. The van der Waals surface area contributed by atoms with E-state index in [-0.39, 0.29) is 6.42 Å². The zero-order chi connectivity index (χ0) is 29.8. The van der Waals surface area contributed by atoms with E-state index < -0.39 is 17.9 Å². The lowest BCUT2D eigenvalue weighted by Crippen LogP contribution is -2.36. The lowest BCUT2D eigenvalue weighted by Gasteiger charge is -2.26. The molecular formula is C30H49ClF3N5. The monoisotopic (exact) mass is 571 g/mol. The third kappa shape index (κ3) is 13.2. The van der Waals surface area contributed by atoms with E-state index in [1.54, 1.807) is 6.08 Å². The summed E-state index contributed by atoms with van der Waals surface area (Å²) in [5.74, 6) is 0. The lowest BCUT2D eigenvalue weighted by molar-refractivity contribution is -0.0609. The minimum Gasteiger partial charge on any atom is -0.333 e. The number of hydrogen-bond donors (Lipinski definition) is 2. The first-order chi connectivity index (χ1) is 18.8. The van der Waals surface area contributed by atoms with Crippen molar-refractivity contribution in [2.45, 2.75) is 109 Å². The molecule has 5 rings (SSSR count). The molecule has 0 aromatic carbocycles. The fourth-order valence-corrected chi connectivity index (χ4v) is 4.44. The fraction of sp³-hybridized carbons (Fsp3) is 0.600. The predicted octanol–water partition coefficient (Wildman–Crippen LogP) is 8.89. The van der Waals surface area contributed by atoms with Gasteiger partial charge >= 0.3 is 6.18 Å². The molecule has 0 saturated heterocycles. The Balaban J connectivity index is 0.000000544. The molecule has 0 bridgehead atoms. The topological polar surface area (TPSA) is 82.2 Å². The van der Waals surface area contributed by atoms with Gasteiger partial charge in [0.15, 0.2) is 0 Å². The summed E-state index contributed by atoms with van der Waals surface area (Å²) in [6.45, 7) is 13.7. The molecule has 4 N–H and O–H groups in total. The molecule has 1 aromatic heterocycles. The number of allylic oxidation sites excluding steroid dienone is 2. The van der Waals surface area contributed by atoms with Gasteiger partial charge in [0.25, 0.3) is 0 Å². The molecule has 9 heteroatoms. The van der Waals surface area contributed by atoms with Crippen molar-refractivity contribution in [1.29, 1.82) is 0 Å². The molecule has 1 aromatic rings. The van der Waals surface area contributed by atoms with E-state index in [9.17, 15) is 13.2 Å². The van der Waals surface area contributed by atoms with Crippen molar-refractivity contribution in [3.63, 3.8) is 0 Å². The molecule has 1 atom stereocenters. The second-order valence-corrected chi connectivity index (χ2v) is 9.51. The van der Waals surface area contributed by atoms with Crippen molar-refractivity contribution in [2.24, 2.45) is 16.5 Å². The third-order valence-electron chi connectivity index (χ3n) is 6.46. The van der Waals surface area contributed by atoms with Gasteiger partial charge in [-0.05, 0) is 50.8 Å². The Morgan fingerprint density at radius 1 is 1.00 bits per heavy atom. The van der Waals surface area contributed by atoms with Gasteiger partial charge in [0.05, 0.1) is 12.2 Å². The summed E-state index contributed by atoms with van der Waals surface area (Å²) in [7, 11) is 1.50. The number of hydrogen-bond acceptors (Lipinski definition) is 4. The largest absolute Gasteiger partial charge is 0.429 e. The van der Waals surface area contributed by atoms with Gasteiger partial charge in [0.1, 0.15) is 5.71 Å². The Hall–Kier alpha value is -2.16. The van der Waals surface area contributed by atoms with Gasteiger partial charge in [-0.3, -0.25) is 9.67 Å². The molecule has 0 radical (unpaired) electrons. The SMILES string of the molecule is C1CCCCC1.C=C.C=Cc1cnn(C2CCC2)c1.CC.CN.NC1CC(C(F)(F)F)=NC2=C1C=C(Cl)CC2. The first-order valence-corrected chi connectivity index (χ1v) is 14.4. The van der Waals surface area contributed by atoms with E-state index in [4.69, 9.17) is 17.3 Å². The predicted molar refractivity (Wildman–Crippen MR) is 162 cm³/mol. The van der Waals surface area contributed by atoms with Crippen LogP contribution in [0.3, 0.4) is 0 Å². The Kier molecular flexibility index (Phi) is 19.6. The first-order valence-electron chi connectivity index (χ1n) is 14.0. The number of aliphatic imine (C=N–C) groups is 1. The molecule has 222 valence electrons. The van der Waals surface area contributed by atoms with Gasteiger partial charge in [-0.25, -0.2) is 0 Å². The molecule has 2 saturated carbocycles. The molecule has 0 spiro atoms. The quantitative estimate of drug-likeness (QED) is 0.348. The molecule has 39 heavy (non-hydrogen) atoms. The first kappa shape index (κ1) is 36.8. The Bertz CT molecular complexity index is 898. The molecule has 3 aliphatic carbocycles. The van der Waals surface area contributed by atoms with Crippen LogP contribution in [0.15, 0.2) is 59.5 Å². The van der Waals surface area contributed by atoms with Crippen LogP contribution in [-0.4, -0.2) is 34.8 Å². The van der Waals surface area contributed by atoms with Crippen LogP contribution in [0.1, 0.15) is 103 Å². The summed E-state index contributed by atoms with van der Waals surface area (Å²) in [6, 6.07) is 0.0156. The van der Waals surface area contributed by atoms with E-state index in [1.807, 2.05) is 26.1 Å². The van der Waals surface area contributed by atoms with Crippen LogP contribution < -0.4 is 11.5 Å². The average molecular weight is 572 g/mol. The van der Waals surface area contributed by atoms with Gasteiger partial charge in [-0.2, -0.15) is 18.3 Å². The number of rotatable bonds is 2. The zero-order valence-corrected chi connectivity index (χ0v) is 24.8. The maximum absolute atomic E-state index is 12.5. The standard InChI is InChI=1S/C10H10ClF3N2.C9H12N2.C6H12.C2H6.C2H4.CH5N/c11-5-1-2-8-6(3-5)7(15)4-9(16-8)10(12,13)14;1-2-8-6-10-11(7-8)9-4-3-5-9;1-2-4-6-5-3-1;3*1-2/h3,7H,1-2,4,15H2;2,6-7,9H,1,3-5H2;1-6H2;1-2H3;1-2H2;2H2,1H3. The molecular weight excluding hydrogens is 523 g/mol. The molecule has 5 nitrogen and oxygen atoms in total. The fourth-order valence-electron chi connectivity index (χ4n) is 4.22. The number of halogens is 4. The van der Waals surface area contributed by atoms with Crippen molar-refractivity contribution in [3.8, 4) is 0 Å². The van der Waals surface area contributed by atoms with Crippen LogP contribution in [0.2, 0.25) is 0 Å². The van der Waals surface area contributed by atoms with Gasteiger partial charge in [-0.1, -0.05) is 76.6 Å². The maximum Gasteiger partial charge on any atom is 0.429 e. The molecule has 4 aliphatic rings. The smallest absolute Gasteiger partial charge is 0.333 e. The third-order valence-corrected chi connectivity index (χ3v) is 6.76. The van der Waals surface area contributed by atoms with Crippen LogP contribution in [0.4, 0.5) is 13.2 Å². The molecule has 2 fully saturated rings. The summed E-state index contributed by atoms with van der Waals surface area (Å²) in [5.41, 5.74) is 11.6. The Morgan fingerprint density at radius 2 is 1.54 bits per heavy atom. The van der Waals surface area contributed by atoms with E-state index in [2.05, 4.69) is 46.4 Å². The van der Waals surface area contributed by atoms with Gasteiger partial charge < -0.3 is 11.5 Å². The number of aromatic nitrogens is 2. The Morgan fingerprint density at radius 3 is 1.95 bits per heavy atom. The van der Waals surface area contributed by atoms with Crippen LogP contribution >= 0.6 is 11.6 Å². The minimum atomic E-state index is -4.39. The van der Waals surface area contributed by atoms with Crippen LogP contribution in [-0.2, 0) is 0 Å². The Labute approximate surface area is 239 Å². The zero-order valence-electron chi connectivity index (χ0n) is 24.1. The van der Waals surface area contributed by atoms with Crippen molar-refractivity contribution in [3.05, 3.63) is 60.1 Å². The summed E-state index contributed by atoms with van der Waals surface area (Å²) in [4.78, 5) is 3.65. The molecule has 1 aliphatic heterocycles. The number of nitrogens with two attached hydrogens (primary N) is 2. The van der Waals surface area contributed by atoms with Crippen molar-refractivity contribution >= 4 is 23.4 Å². The average Bonchev–Trinajstić information content (AvgIpc) is 3.41. The minimum absolute atomic E-state index is 0.275. The molecule has 1 unspecified atom stereocenters. The van der Waals surface area contributed by atoms with Gasteiger partial charge in [0.2, 0.25) is 0 Å². The number of nitrogens with zero attached hydrogens (tertiary/aromatic N) is 3. The molecule has 0 amide bonds. The highest BCUT2D eigenvalue weighted by Crippen LogP contribution is 2.35. The highest BCUT2D eigenvalue weighted by molar-refractivity contribution is 6.29. The summed E-state index contributed by atoms with van der Waals surface area (Å²) < 4.78 is 39.6. The van der Waals surface area contributed by atoms with Gasteiger partial charge in [-0.15, -0.1) is 13.2 Å². The van der Waals surface area contributed by atoms with Crippen LogP contribution in [0.5, 0.6) is 0 Å². The van der Waals surface area contributed by atoms with Crippen molar-refractivity contribution in [1.82, 2.24) is 9.78 Å². The molecule has 2 heterocycles. The summed E-state index contributed by atoms with van der Waals surface area (Å²) >= 11 is 5.83. The normalized spacial score (nSPS) is 19.9. The van der Waals surface area contributed by atoms with Crippen molar-refractivity contribution < 1.29 is 13.2 Å². The van der Waals surface area contributed by atoms with E-state index >= 15 is 0 Å². The van der Waals surface area contributed by atoms with E-state index in [0.29, 0.717) is 35.2 Å². The second kappa shape index (κ2) is 20.7. The second-order valence-electron chi connectivity index (χ2n) is 9.02. The summed E-state index contributed by atoms with van der Waals surface area (Å²) in [5, 5.41) is 4.88. The van der Waals surface area contributed by atoms with Crippen LogP contribution in [0, 0.1) is 0 Å². The maximum atomic E-state index is 12.5. The van der Waals surface area contributed by atoms with Crippen LogP contribution in [0.25, 0.3) is 6.08 Å².